The summed E-state index contributed by atoms with van der Waals surface area (Å²) in [5.74, 6) is -0.973. The van der Waals surface area contributed by atoms with Crippen LogP contribution in [0.25, 0.3) is 0 Å². The summed E-state index contributed by atoms with van der Waals surface area (Å²) in [6.45, 7) is 2.30. The molecule has 0 amide bonds. The van der Waals surface area contributed by atoms with E-state index in [1.54, 1.807) is 0 Å². The SMILES string of the molecule is CC/C=C\C/C=C\C/C=C\CCCCCCCC(=O)OC[C@H](CO[C@@H]1O[C@H](CO[C@H]2O[C@H](CO)[C@H](O)[C@@H](O)[C@H]2O)[C@@H](O)[C@H](O)[C@H]1O)OC(=O)CCCCCCC/C=C\C/C=C\C/C=C\CC. The maximum atomic E-state index is 13.0. The molecule has 2 aliphatic rings. The Balaban J connectivity index is 1.84. The predicted molar refractivity (Wildman–Crippen MR) is 252 cm³/mol. The van der Waals surface area contributed by atoms with E-state index >= 15 is 0 Å². The second-order valence-corrected chi connectivity index (χ2v) is 16.9. The van der Waals surface area contributed by atoms with Crippen LogP contribution >= 0.6 is 0 Å². The first-order chi connectivity index (χ1) is 32.0. The fraction of sp³-hybridized carbons (Fsp3) is 0.725. The van der Waals surface area contributed by atoms with E-state index in [1.165, 1.54) is 0 Å². The summed E-state index contributed by atoms with van der Waals surface area (Å²) >= 11 is 0. The van der Waals surface area contributed by atoms with Crippen molar-refractivity contribution in [3.63, 3.8) is 0 Å². The highest BCUT2D eigenvalue weighted by Crippen LogP contribution is 2.26. The number of hydrogen-bond donors (Lipinski definition) is 7. The van der Waals surface area contributed by atoms with Crippen LogP contribution in [0.15, 0.2) is 72.9 Å². The zero-order valence-corrected chi connectivity index (χ0v) is 39.6. The van der Waals surface area contributed by atoms with Crippen LogP contribution in [0.1, 0.15) is 142 Å². The van der Waals surface area contributed by atoms with Crippen LogP contribution in [-0.2, 0) is 38.0 Å². The average molecular weight is 937 g/mol. The molecule has 15 nitrogen and oxygen atoms in total. The van der Waals surface area contributed by atoms with Gasteiger partial charge in [-0.2, -0.15) is 0 Å². The van der Waals surface area contributed by atoms with E-state index in [9.17, 15) is 45.3 Å². The normalized spacial score (nSPS) is 26.8. The number of allylic oxidation sites excluding steroid dienone is 12. The van der Waals surface area contributed by atoms with Crippen molar-refractivity contribution in [1.29, 1.82) is 0 Å². The summed E-state index contributed by atoms with van der Waals surface area (Å²) in [5.41, 5.74) is 0. The lowest BCUT2D eigenvalue weighted by Crippen LogP contribution is -2.61. The van der Waals surface area contributed by atoms with Crippen molar-refractivity contribution in [1.82, 2.24) is 0 Å². The number of unbranched alkanes of at least 4 members (excludes halogenated alkanes) is 10. The van der Waals surface area contributed by atoms with Crippen molar-refractivity contribution < 1.29 is 73.8 Å². The molecule has 0 radical (unpaired) electrons. The summed E-state index contributed by atoms with van der Waals surface area (Å²) in [5, 5.41) is 72.0. The van der Waals surface area contributed by atoms with Gasteiger partial charge in [0.25, 0.3) is 0 Å². The van der Waals surface area contributed by atoms with Crippen molar-refractivity contribution >= 4 is 11.9 Å². The van der Waals surface area contributed by atoms with Gasteiger partial charge in [-0.1, -0.05) is 125 Å². The number of esters is 2. The Morgan fingerprint density at radius 3 is 1.42 bits per heavy atom. The molecule has 0 aromatic carbocycles. The molecule has 11 atom stereocenters. The van der Waals surface area contributed by atoms with Gasteiger partial charge in [0, 0.05) is 12.8 Å². The molecule has 2 saturated heterocycles. The predicted octanol–water partition coefficient (Wildman–Crippen LogP) is 6.26. The Bertz CT molecular complexity index is 1430. The lowest BCUT2D eigenvalue weighted by Gasteiger charge is -2.42. The quantitative estimate of drug-likeness (QED) is 0.0209. The van der Waals surface area contributed by atoms with E-state index in [0.717, 1.165) is 103 Å². The third-order valence-corrected chi connectivity index (χ3v) is 11.2. The van der Waals surface area contributed by atoms with Gasteiger partial charge in [-0.15, -0.1) is 0 Å². The topological polar surface area (TPSA) is 231 Å². The number of ether oxygens (including phenoxy) is 6. The second kappa shape index (κ2) is 37.9. The van der Waals surface area contributed by atoms with Crippen LogP contribution in [0.3, 0.4) is 0 Å². The molecule has 0 aromatic rings. The molecule has 2 fully saturated rings. The minimum Gasteiger partial charge on any atom is -0.462 e. The van der Waals surface area contributed by atoms with Crippen molar-refractivity contribution in [2.45, 2.75) is 210 Å². The van der Waals surface area contributed by atoms with E-state index < -0.39 is 99.3 Å². The average Bonchev–Trinajstić information content (AvgIpc) is 3.31. The van der Waals surface area contributed by atoms with Crippen LogP contribution < -0.4 is 0 Å². The summed E-state index contributed by atoms with van der Waals surface area (Å²) in [6, 6.07) is 0. The lowest BCUT2D eigenvalue weighted by molar-refractivity contribution is -0.332. The minimum atomic E-state index is -1.77. The zero-order valence-electron chi connectivity index (χ0n) is 39.6. The maximum Gasteiger partial charge on any atom is 0.306 e. The van der Waals surface area contributed by atoms with Crippen molar-refractivity contribution in [2.24, 2.45) is 0 Å². The van der Waals surface area contributed by atoms with Crippen molar-refractivity contribution in [3.05, 3.63) is 72.9 Å². The summed E-state index contributed by atoms with van der Waals surface area (Å²) in [7, 11) is 0. The van der Waals surface area contributed by atoms with Crippen LogP contribution in [-0.4, -0.2) is 142 Å². The largest absolute Gasteiger partial charge is 0.462 e. The van der Waals surface area contributed by atoms with E-state index in [0.29, 0.717) is 12.8 Å². The number of carbonyl (C=O) groups excluding carboxylic acids is 2. The van der Waals surface area contributed by atoms with Gasteiger partial charge in [0.15, 0.2) is 18.7 Å². The smallest absolute Gasteiger partial charge is 0.306 e. The highest BCUT2D eigenvalue weighted by molar-refractivity contribution is 5.70. The first-order valence-electron chi connectivity index (χ1n) is 24.5. The number of aliphatic hydroxyl groups excluding tert-OH is 7. The van der Waals surface area contributed by atoms with Crippen LogP contribution in [0.5, 0.6) is 0 Å². The van der Waals surface area contributed by atoms with Gasteiger partial charge in [0.1, 0.15) is 55.4 Å². The maximum absolute atomic E-state index is 13.0. The molecular formula is C51H84O15. The Morgan fingerprint density at radius 2 is 0.909 bits per heavy atom. The van der Waals surface area contributed by atoms with Crippen LogP contribution in [0, 0.1) is 0 Å². The van der Waals surface area contributed by atoms with Crippen LogP contribution in [0.2, 0.25) is 0 Å². The number of rotatable bonds is 36. The molecule has 0 unspecified atom stereocenters. The van der Waals surface area contributed by atoms with Gasteiger partial charge >= 0.3 is 11.9 Å². The van der Waals surface area contributed by atoms with Gasteiger partial charge in [0.05, 0.1) is 19.8 Å². The molecule has 0 bridgehead atoms. The molecule has 0 aliphatic carbocycles. The van der Waals surface area contributed by atoms with E-state index in [4.69, 9.17) is 28.4 Å². The minimum absolute atomic E-state index is 0.138. The van der Waals surface area contributed by atoms with Crippen LogP contribution in [0.4, 0.5) is 0 Å². The Labute approximate surface area is 393 Å². The van der Waals surface area contributed by atoms with Gasteiger partial charge < -0.3 is 64.2 Å². The highest BCUT2D eigenvalue weighted by atomic mass is 16.7. The van der Waals surface area contributed by atoms with Crippen molar-refractivity contribution in [3.8, 4) is 0 Å². The summed E-state index contributed by atoms with van der Waals surface area (Å²) in [4.78, 5) is 25.7. The summed E-state index contributed by atoms with van der Waals surface area (Å²) in [6.07, 6.45) is 26.5. The van der Waals surface area contributed by atoms with Gasteiger partial charge in [-0.05, 0) is 77.0 Å². The van der Waals surface area contributed by atoms with E-state index in [-0.39, 0.29) is 19.4 Å². The third kappa shape index (κ3) is 25.9. The fourth-order valence-corrected chi connectivity index (χ4v) is 7.18. The monoisotopic (exact) mass is 937 g/mol. The number of carbonyl (C=O) groups is 2. The summed E-state index contributed by atoms with van der Waals surface area (Å²) < 4.78 is 33.5. The first-order valence-corrected chi connectivity index (χ1v) is 24.5. The molecular weight excluding hydrogens is 853 g/mol. The van der Waals surface area contributed by atoms with Gasteiger partial charge in [-0.3, -0.25) is 9.59 Å². The second-order valence-electron chi connectivity index (χ2n) is 16.9. The Hall–Kier alpha value is -3.06. The molecule has 66 heavy (non-hydrogen) atoms. The molecule has 7 N–H and O–H groups in total. The van der Waals surface area contributed by atoms with Gasteiger partial charge in [-0.25, -0.2) is 0 Å². The molecule has 2 heterocycles. The Morgan fingerprint density at radius 1 is 0.485 bits per heavy atom. The molecule has 2 aliphatic heterocycles. The van der Waals surface area contributed by atoms with Crippen molar-refractivity contribution in [2.75, 3.05) is 26.4 Å². The fourth-order valence-electron chi connectivity index (χ4n) is 7.18. The molecule has 0 aromatic heterocycles. The molecule has 378 valence electrons. The molecule has 2 rings (SSSR count). The molecule has 0 spiro atoms. The zero-order chi connectivity index (χ0) is 48.2. The van der Waals surface area contributed by atoms with Gasteiger partial charge in [0.2, 0.25) is 0 Å². The molecule has 0 saturated carbocycles. The number of aliphatic hydroxyl groups is 7. The third-order valence-electron chi connectivity index (χ3n) is 11.2. The highest BCUT2D eigenvalue weighted by Gasteiger charge is 2.47. The van der Waals surface area contributed by atoms with E-state index in [2.05, 4.69) is 86.8 Å². The Kier molecular flexibility index (Phi) is 33.9. The molecule has 15 heteroatoms. The lowest BCUT2D eigenvalue weighted by atomic mass is 9.98. The first kappa shape index (κ1) is 59.1. The standard InChI is InChI=1S/C51H84O15/c1-3-5-7-9-11-13-15-17-19-21-23-25-27-29-31-33-42(53)61-36-39(64-43(54)34-32-30-28-26-24-22-20-18-16-14-12-10-8-6-4-2)37-62-50-49(60)47(58)45(56)41(66-50)38-63-51-48(59)46(57)44(55)40(35-52)65-51/h5-8,11-14,17-20,39-41,44-52,55-60H,3-4,9-10,15-16,21-38H2,1-2H3/b7-5-,8-6-,13-11-,14-12-,19-17-,20-18-/t39-,40-,41-,44+,45-,46-,47+,48-,49-,50-,51+/m1/s1. The van der Waals surface area contributed by atoms with E-state index in [1.807, 2.05) is 0 Å². The number of hydrogen-bond acceptors (Lipinski definition) is 15.